The van der Waals surface area contributed by atoms with Crippen molar-refractivity contribution in [2.24, 2.45) is 0 Å². The summed E-state index contributed by atoms with van der Waals surface area (Å²) >= 11 is 1.79. The minimum atomic E-state index is -0.313. The van der Waals surface area contributed by atoms with E-state index in [1.54, 1.807) is 11.3 Å². The van der Waals surface area contributed by atoms with Gasteiger partial charge in [-0.1, -0.05) is 0 Å². The van der Waals surface area contributed by atoms with Crippen LogP contribution in [0.5, 0.6) is 0 Å². The molecular weight excluding hydrogens is 220 g/mol. The molecule has 1 aliphatic carbocycles. The van der Waals surface area contributed by atoms with E-state index >= 15 is 0 Å². The maximum atomic E-state index is 9.91. The van der Waals surface area contributed by atoms with Gasteiger partial charge in [0, 0.05) is 17.5 Å². The van der Waals surface area contributed by atoms with E-state index in [1.165, 1.54) is 17.7 Å². The number of hydrogen-bond donors (Lipinski definition) is 1. The molecule has 0 radical (unpaired) electrons. The number of aryl methyl sites for hydroxylation is 1. The highest BCUT2D eigenvalue weighted by Crippen LogP contribution is 2.38. The third-order valence-corrected chi connectivity index (χ3v) is 4.88. The van der Waals surface area contributed by atoms with Gasteiger partial charge in [0.15, 0.2) is 5.13 Å². The smallest absolute Gasteiger partial charge is 0.186 e. The van der Waals surface area contributed by atoms with Gasteiger partial charge in [-0.25, -0.2) is 4.98 Å². The highest BCUT2D eigenvalue weighted by molar-refractivity contribution is 7.15. The lowest BCUT2D eigenvalue weighted by atomic mass is 10.0. The fraction of sp³-hybridized carbons (Fsp3) is 0.750. The zero-order valence-electron chi connectivity index (χ0n) is 9.65. The average Bonchev–Trinajstić information content (AvgIpc) is 2.84. The van der Waals surface area contributed by atoms with Crippen LogP contribution in [0.15, 0.2) is 0 Å². The van der Waals surface area contributed by atoms with Crippen molar-refractivity contribution in [3.63, 3.8) is 0 Å². The molecule has 1 aliphatic heterocycles. The number of aliphatic hydroxyl groups excluding tert-OH is 1. The number of aliphatic hydroxyl groups is 1. The Kier molecular flexibility index (Phi) is 2.64. The molecule has 2 atom stereocenters. The van der Waals surface area contributed by atoms with Gasteiger partial charge in [-0.15, -0.1) is 11.3 Å². The van der Waals surface area contributed by atoms with Gasteiger partial charge >= 0.3 is 0 Å². The Morgan fingerprint density at radius 3 is 2.94 bits per heavy atom. The van der Waals surface area contributed by atoms with E-state index in [1.807, 2.05) is 0 Å². The van der Waals surface area contributed by atoms with Crippen LogP contribution >= 0.6 is 11.3 Å². The normalized spacial score (nSPS) is 29.5. The largest absolute Gasteiger partial charge is 0.387 e. The topological polar surface area (TPSA) is 36.4 Å². The Morgan fingerprint density at radius 1 is 1.38 bits per heavy atom. The monoisotopic (exact) mass is 238 g/mol. The second kappa shape index (κ2) is 4.00. The lowest BCUT2D eigenvalue weighted by Crippen LogP contribution is -2.26. The summed E-state index contributed by atoms with van der Waals surface area (Å²) in [5.74, 6) is 0. The maximum absolute atomic E-state index is 9.91. The number of nitrogens with zero attached hydrogens (tertiary/aromatic N) is 2. The van der Waals surface area contributed by atoms with Crippen LogP contribution in [-0.2, 0) is 6.42 Å². The number of aromatic nitrogens is 1. The minimum absolute atomic E-state index is 0.313. The molecule has 1 aromatic rings. The highest BCUT2D eigenvalue weighted by atomic mass is 32.1. The number of thiazole rings is 1. The summed E-state index contributed by atoms with van der Waals surface area (Å²) in [6.45, 7) is 3.40. The van der Waals surface area contributed by atoms with Gasteiger partial charge in [-0.3, -0.25) is 0 Å². The lowest BCUT2D eigenvalue weighted by Gasteiger charge is -2.19. The van der Waals surface area contributed by atoms with Crippen LogP contribution in [0.2, 0.25) is 0 Å². The van der Waals surface area contributed by atoms with E-state index in [0.29, 0.717) is 6.04 Å². The minimum Gasteiger partial charge on any atom is -0.387 e. The van der Waals surface area contributed by atoms with Crippen molar-refractivity contribution in [3.05, 3.63) is 10.6 Å². The average molecular weight is 238 g/mol. The Labute approximate surface area is 100 Å². The van der Waals surface area contributed by atoms with Crippen LogP contribution in [0, 0.1) is 0 Å². The van der Waals surface area contributed by atoms with Gasteiger partial charge in [0.05, 0.1) is 11.8 Å². The zero-order chi connectivity index (χ0) is 11.1. The number of rotatable bonds is 1. The van der Waals surface area contributed by atoms with Gasteiger partial charge in [-0.05, 0) is 39.0 Å². The van der Waals surface area contributed by atoms with Crippen LogP contribution in [0.1, 0.15) is 49.3 Å². The SMILES string of the molecule is CC1CCCN1c1nc2c(s1)CCCC2O. The summed E-state index contributed by atoms with van der Waals surface area (Å²) in [5.41, 5.74) is 0.963. The molecule has 1 aromatic heterocycles. The van der Waals surface area contributed by atoms with E-state index in [9.17, 15) is 5.11 Å². The molecule has 0 amide bonds. The summed E-state index contributed by atoms with van der Waals surface area (Å²) in [4.78, 5) is 8.37. The predicted molar refractivity (Wildman–Crippen MR) is 66.1 cm³/mol. The van der Waals surface area contributed by atoms with Crippen molar-refractivity contribution in [2.45, 2.75) is 51.2 Å². The number of hydrogen-bond acceptors (Lipinski definition) is 4. The summed E-state index contributed by atoms with van der Waals surface area (Å²) in [6.07, 6.45) is 5.32. The van der Waals surface area contributed by atoms with Crippen LogP contribution in [-0.4, -0.2) is 22.7 Å². The second-order valence-electron chi connectivity index (χ2n) is 4.90. The first-order valence-corrected chi connectivity index (χ1v) is 7.01. The van der Waals surface area contributed by atoms with Crippen molar-refractivity contribution in [1.29, 1.82) is 0 Å². The molecule has 1 fully saturated rings. The van der Waals surface area contributed by atoms with Gasteiger partial charge in [0.1, 0.15) is 0 Å². The second-order valence-corrected chi connectivity index (χ2v) is 5.96. The first-order valence-electron chi connectivity index (χ1n) is 6.20. The van der Waals surface area contributed by atoms with Crippen LogP contribution in [0.3, 0.4) is 0 Å². The van der Waals surface area contributed by atoms with Crippen molar-refractivity contribution < 1.29 is 5.11 Å². The quantitative estimate of drug-likeness (QED) is 0.816. The number of anilines is 1. The van der Waals surface area contributed by atoms with Gasteiger partial charge in [0.25, 0.3) is 0 Å². The molecule has 16 heavy (non-hydrogen) atoms. The predicted octanol–water partition coefficient (Wildman–Crippen LogP) is 2.50. The van der Waals surface area contributed by atoms with E-state index in [4.69, 9.17) is 0 Å². The fourth-order valence-electron chi connectivity index (χ4n) is 2.72. The molecule has 3 nitrogen and oxygen atoms in total. The first-order chi connectivity index (χ1) is 7.75. The molecule has 3 rings (SSSR count). The van der Waals surface area contributed by atoms with Gasteiger partial charge < -0.3 is 10.0 Å². The molecule has 0 aromatic carbocycles. The summed E-state index contributed by atoms with van der Waals surface area (Å²) in [6, 6.07) is 0.616. The van der Waals surface area contributed by atoms with E-state index in [-0.39, 0.29) is 6.10 Å². The van der Waals surface area contributed by atoms with E-state index < -0.39 is 0 Å². The molecular formula is C12H18N2OS. The van der Waals surface area contributed by atoms with Crippen molar-refractivity contribution in [1.82, 2.24) is 4.98 Å². The molecule has 1 saturated heterocycles. The molecule has 4 heteroatoms. The maximum Gasteiger partial charge on any atom is 0.186 e. The Hall–Kier alpha value is -0.610. The molecule has 0 bridgehead atoms. The first kappa shape index (κ1) is 10.5. The summed E-state index contributed by atoms with van der Waals surface area (Å²) < 4.78 is 0. The summed E-state index contributed by atoms with van der Waals surface area (Å²) in [5, 5.41) is 11.0. The van der Waals surface area contributed by atoms with Crippen LogP contribution in [0.4, 0.5) is 5.13 Å². The van der Waals surface area contributed by atoms with Crippen LogP contribution < -0.4 is 4.90 Å². The summed E-state index contributed by atoms with van der Waals surface area (Å²) in [7, 11) is 0. The molecule has 2 aliphatic rings. The molecule has 0 spiro atoms. The lowest BCUT2D eigenvalue weighted by molar-refractivity contribution is 0.153. The van der Waals surface area contributed by atoms with Gasteiger partial charge in [0.2, 0.25) is 0 Å². The molecule has 88 valence electrons. The fourth-order valence-corrected chi connectivity index (χ4v) is 4.01. The standard InChI is InChI=1S/C12H18N2OS/c1-8-4-3-7-14(8)12-13-11-9(15)5-2-6-10(11)16-12/h8-9,15H,2-7H2,1H3. The Morgan fingerprint density at radius 2 is 2.25 bits per heavy atom. The third kappa shape index (κ3) is 1.64. The zero-order valence-corrected chi connectivity index (χ0v) is 10.5. The van der Waals surface area contributed by atoms with Crippen molar-refractivity contribution in [3.8, 4) is 0 Å². The number of fused-ring (bicyclic) bond motifs is 1. The molecule has 2 unspecified atom stereocenters. The van der Waals surface area contributed by atoms with E-state index in [0.717, 1.165) is 36.6 Å². The van der Waals surface area contributed by atoms with Crippen LogP contribution in [0.25, 0.3) is 0 Å². The third-order valence-electron chi connectivity index (χ3n) is 3.71. The Balaban J connectivity index is 1.91. The van der Waals surface area contributed by atoms with Gasteiger partial charge in [-0.2, -0.15) is 0 Å². The Bertz CT molecular complexity index is 390. The van der Waals surface area contributed by atoms with Crippen molar-refractivity contribution >= 4 is 16.5 Å². The molecule has 0 saturated carbocycles. The van der Waals surface area contributed by atoms with E-state index in [2.05, 4.69) is 16.8 Å². The van der Waals surface area contributed by atoms with Crippen molar-refractivity contribution in [2.75, 3.05) is 11.4 Å². The molecule has 2 heterocycles. The highest BCUT2D eigenvalue weighted by Gasteiger charge is 2.28. The molecule has 1 N–H and O–H groups in total.